The number of ether oxygens (including phenoxy) is 1. The molecular formula is C13H18BrCl2NO. The summed E-state index contributed by atoms with van der Waals surface area (Å²) < 4.78 is 6.28. The van der Waals surface area contributed by atoms with Gasteiger partial charge < -0.3 is 10.1 Å². The Balaban J connectivity index is 2.79. The second kappa shape index (κ2) is 6.47. The minimum Gasteiger partial charge on any atom is -0.380 e. The SMILES string of the molecule is COC(C)(C)CC(C)Nc1c(Cl)cc(Br)cc1Cl. The van der Waals surface area contributed by atoms with Crippen LogP contribution in [0, 0.1) is 0 Å². The number of hydrogen-bond acceptors (Lipinski definition) is 2. The van der Waals surface area contributed by atoms with Crippen LogP contribution < -0.4 is 5.32 Å². The van der Waals surface area contributed by atoms with E-state index >= 15 is 0 Å². The summed E-state index contributed by atoms with van der Waals surface area (Å²) in [5.41, 5.74) is 0.585. The molecule has 18 heavy (non-hydrogen) atoms. The van der Waals surface area contributed by atoms with E-state index in [4.69, 9.17) is 27.9 Å². The maximum Gasteiger partial charge on any atom is 0.0721 e. The van der Waals surface area contributed by atoms with Crippen molar-refractivity contribution in [3.8, 4) is 0 Å². The molecule has 0 aliphatic heterocycles. The number of halogens is 3. The molecule has 2 nitrogen and oxygen atoms in total. The molecule has 0 aliphatic carbocycles. The van der Waals surface area contributed by atoms with Crippen molar-refractivity contribution in [2.75, 3.05) is 12.4 Å². The maximum atomic E-state index is 6.18. The van der Waals surface area contributed by atoms with Crippen molar-refractivity contribution in [3.63, 3.8) is 0 Å². The molecule has 0 heterocycles. The van der Waals surface area contributed by atoms with Crippen LogP contribution in [0.25, 0.3) is 0 Å². The molecule has 1 aromatic carbocycles. The van der Waals surface area contributed by atoms with Crippen LogP contribution in [0.2, 0.25) is 10.0 Å². The topological polar surface area (TPSA) is 21.3 Å². The molecule has 1 atom stereocenters. The molecule has 0 spiro atoms. The van der Waals surface area contributed by atoms with Crippen LogP contribution in [0.15, 0.2) is 16.6 Å². The zero-order chi connectivity index (χ0) is 13.9. The molecule has 0 radical (unpaired) electrons. The van der Waals surface area contributed by atoms with Crippen molar-refractivity contribution in [2.45, 2.75) is 38.8 Å². The Morgan fingerprint density at radius 1 is 1.33 bits per heavy atom. The third-order valence-electron chi connectivity index (χ3n) is 2.75. The van der Waals surface area contributed by atoms with Crippen LogP contribution in [0.5, 0.6) is 0 Å². The van der Waals surface area contributed by atoms with Gasteiger partial charge in [0.2, 0.25) is 0 Å². The Bertz CT molecular complexity index is 400. The summed E-state index contributed by atoms with van der Waals surface area (Å²) in [6.45, 7) is 6.18. The normalized spacial score (nSPS) is 13.5. The van der Waals surface area contributed by atoms with Crippen LogP contribution in [-0.2, 0) is 4.74 Å². The monoisotopic (exact) mass is 353 g/mol. The largest absolute Gasteiger partial charge is 0.380 e. The van der Waals surface area contributed by atoms with Crippen molar-refractivity contribution in [2.24, 2.45) is 0 Å². The lowest BCUT2D eigenvalue weighted by Gasteiger charge is -2.28. The van der Waals surface area contributed by atoms with Crippen LogP contribution in [0.1, 0.15) is 27.2 Å². The van der Waals surface area contributed by atoms with Gasteiger partial charge in [-0.2, -0.15) is 0 Å². The molecule has 0 saturated heterocycles. The molecule has 1 rings (SSSR count). The summed E-state index contributed by atoms with van der Waals surface area (Å²) in [5, 5.41) is 4.55. The molecule has 0 bridgehead atoms. The number of anilines is 1. The van der Waals surface area contributed by atoms with E-state index < -0.39 is 0 Å². The molecule has 0 saturated carbocycles. The lowest BCUT2D eigenvalue weighted by molar-refractivity contribution is 0.0128. The molecule has 1 aromatic rings. The summed E-state index contributed by atoms with van der Waals surface area (Å²) in [4.78, 5) is 0. The number of benzene rings is 1. The van der Waals surface area contributed by atoms with Gasteiger partial charge >= 0.3 is 0 Å². The van der Waals surface area contributed by atoms with Gasteiger partial charge in [0, 0.05) is 17.6 Å². The van der Waals surface area contributed by atoms with E-state index in [1.807, 2.05) is 12.1 Å². The van der Waals surface area contributed by atoms with Gasteiger partial charge in [-0.05, 0) is 39.3 Å². The average molecular weight is 355 g/mol. The van der Waals surface area contributed by atoms with Gasteiger partial charge in [0.15, 0.2) is 0 Å². The van der Waals surface area contributed by atoms with Crippen LogP contribution in [0.3, 0.4) is 0 Å². The molecule has 0 aliphatic rings. The Labute approximate surface area is 127 Å². The van der Waals surface area contributed by atoms with E-state index in [9.17, 15) is 0 Å². The van der Waals surface area contributed by atoms with Gasteiger partial charge in [0.05, 0.1) is 21.3 Å². The van der Waals surface area contributed by atoms with Gasteiger partial charge in [-0.25, -0.2) is 0 Å². The zero-order valence-corrected chi connectivity index (χ0v) is 14.1. The van der Waals surface area contributed by atoms with Crippen molar-refractivity contribution in [1.82, 2.24) is 0 Å². The Morgan fingerprint density at radius 2 is 1.83 bits per heavy atom. The average Bonchev–Trinajstić information content (AvgIpc) is 2.22. The summed E-state index contributed by atoms with van der Waals surface area (Å²) in [6, 6.07) is 3.85. The zero-order valence-electron chi connectivity index (χ0n) is 11.0. The predicted octanol–water partition coefficient (Wildman–Crippen LogP) is 5.37. The highest BCUT2D eigenvalue weighted by molar-refractivity contribution is 9.10. The van der Waals surface area contributed by atoms with Gasteiger partial charge in [-0.15, -0.1) is 0 Å². The maximum absolute atomic E-state index is 6.18. The molecule has 0 aromatic heterocycles. The fourth-order valence-corrected chi connectivity index (χ4v) is 3.12. The molecule has 5 heteroatoms. The highest BCUT2D eigenvalue weighted by Gasteiger charge is 2.21. The second-order valence-electron chi connectivity index (χ2n) is 4.96. The van der Waals surface area contributed by atoms with Gasteiger partial charge in [0.1, 0.15) is 0 Å². The molecular weight excluding hydrogens is 337 g/mol. The molecule has 1 unspecified atom stereocenters. The van der Waals surface area contributed by atoms with Gasteiger partial charge in [-0.1, -0.05) is 39.1 Å². The number of nitrogens with one attached hydrogen (secondary N) is 1. The number of rotatable bonds is 5. The van der Waals surface area contributed by atoms with Crippen molar-refractivity contribution >= 4 is 44.8 Å². The quantitative estimate of drug-likeness (QED) is 0.767. The van der Waals surface area contributed by atoms with Crippen LogP contribution >= 0.6 is 39.1 Å². The Hall–Kier alpha value is 0.0400. The van der Waals surface area contributed by atoms with Gasteiger partial charge in [-0.3, -0.25) is 0 Å². The first-order valence-electron chi connectivity index (χ1n) is 5.71. The summed E-state index contributed by atoms with van der Waals surface area (Å²) in [5.74, 6) is 0. The Morgan fingerprint density at radius 3 is 2.28 bits per heavy atom. The first-order chi connectivity index (χ1) is 8.25. The Kier molecular flexibility index (Phi) is 5.78. The highest BCUT2D eigenvalue weighted by atomic mass is 79.9. The third-order valence-corrected chi connectivity index (χ3v) is 3.80. The first-order valence-corrected chi connectivity index (χ1v) is 7.26. The minimum atomic E-state index is -0.180. The molecule has 1 N–H and O–H groups in total. The fraction of sp³-hybridized carbons (Fsp3) is 0.538. The summed E-state index contributed by atoms with van der Waals surface area (Å²) in [6.07, 6.45) is 0.853. The molecule has 0 fully saturated rings. The van der Waals surface area contributed by atoms with Gasteiger partial charge in [0.25, 0.3) is 0 Å². The van der Waals surface area contributed by atoms with Crippen LogP contribution in [0.4, 0.5) is 5.69 Å². The second-order valence-corrected chi connectivity index (χ2v) is 6.69. The van der Waals surface area contributed by atoms with E-state index in [-0.39, 0.29) is 11.6 Å². The van der Waals surface area contributed by atoms with E-state index in [0.29, 0.717) is 10.0 Å². The lowest BCUT2D eigenvalue weighted by Crippen LogP contribution is -2.31. The number of methoxy groups -OCH3 is 1. The smallest absolute Gasteiger partial charge is 0.0721 e. The van der Waals surface area contributed by atoms with Crippen molar-refractivity contribution in [3.05, 3.63) is 26.7 Å². The van der Waals surface area contributed by atoms with Crippen molar-refractivity contribution < 1.29 is 4.74 Å². The van der Waals surface area contributed by atoms with Crippen LogP contribution in [-0.4, -0.2) is 18.8 Å². The predicted molar refractivity (Wildman–Crippen MR) is 83.0 cm³/mol. The van der Waals surface area contributed by atoms with E-state index in [1.165, 1.54) is 0 Å². The van der Waals surface area contributed by atoms with Crippen molar-refractivity contribution in [1.29, 1.82) is 0 Å². The van der Waals surface area contributed by atoms with E-state index in [0.717, 1.165) is 16.6 Å². The molecule has 102 valence electrons. The molecule has 0 amide bonds. The summed E-state index contributed by atoms with van der Waals surface area (Å²) >= 11 is 15.7. The summed E-state index contributed by atoms with van der Waals surface area (Å²) in [7, 11) is 1.71. The minimum absolute atomic E-state index is 0.180. The lowest BCUT2D eigenvalue weighted by atomic mass is 10.00. The van der Waals surface area contributed by atoms with E-state index in [2.05, 4.69) is 42.0 Å². The fourth-order valence-electron chi connectivity index (χ4n) is 1.80. The number of hydrogen-bond donors (Lipinski definition) is 1. The third kappa shape index (κ3) is 4.61. The van der Waals surface area contributed by atoms with E-state index in [1.54, 1.807) is 7.11 Å². The highest BCUT2D eigenvalue weighted by Crippen LogP contribution is 2.34. The first kappa shape index (κ1) is 16.1. The standard InChI is InChI=1S/C13H18BrCl2NO/c1-8(7-13(2,3)18-4)17-12-10(15)5-9(14)6-11(12)16/h5-6,8,17H,7H2,1-4H3.